The number of hydrogen-bond acceptors (Lipinski definition) is 1. The van der Waals surface area contributed by atoms with Gasteiger partial charge in [0.05, 0.1) is 5.69 Å². The van der Waals surface area contributed by atoms with E-state index in [0.717, 1.165) is 28.2 Å². The molecule has 11 aromatic carbocycles. The molecule has 0 aliphatic rings. The summed E-state index contributed by atoms with van der Waals surface area (Å²) >= 11 is 0. The van der Waals surface area contributed by atoms with Crippen molar-refractivity contribution in [3.8, 4) is 55.6 Å². The lowest BCUT2D eigenvalue weighted by atomic mass is 9.90. The second-order valence-corrected chi connectivity index (χ2v) is 15.7. The summed E-state index contributed by atoms with van der Waals surface area (Å²) in [7, 11) is 0. The molecule has 11 aromatic rings. The number of fused-ring (bicyclic) bond motifs is 6. The van der Waals surface area contributed by atoms with Gasteiger partial charge in [0, 0.05) is 16.9 Å². The predicted molar refractivity (Wildman–Crippen MR) is 261 cm³/mol. The summed E-state index contributed by atoms with van der Waals surface area (Å²) in [4.78, 5) is 2.39. The van der Waals surface area contributed by atoms with Crippen molar-refractivity contribution < 1.29 is 0 Å². The highest BCUT2D eigenvalue weighted by atomic mass is 15.1. The fraction of sp³-hybridized carbons (Fsp3) is 0. The molecule has 0 amide bonds. The summed E-state index contributed by atoms with van der Waals surface area (Å²) in [6, 6.07) is 90.4. The van der Waals surface area contributed by atoms with Crippen LogP contribution in [-0.4, -0.2) is 0 Å². The Bertz CT molecular complexity index is 3280. The van der Waals surface area contributed by atoms with Crippen molar-refractivity contribution in [1.29, 1.82) is 0 Å². The fourth-order valence-corrected chi connectivity index (χ4v) is 9.10. The average Bonchev–Trinajstić information content (AvgIpc) is 3.35. The molecule has 0 spiro atoms. The van der Waals surface area contributed by atoms with Crippen molar-refractivity contribution in [2.45, 2.75) is 0 Å². The highest BCUT2D eigenvalue weighted by Crippen LogP contribution is 2.45. The molecule has 0 aliphatic heterocycles. The third-order valence-electron chi connectivity index (χ3n) is 12.1. The van der Waals surface area contributed by atoms with Crippen molar-refractivity contribution in [3.05, 3.63) is 249 Å². The van der Waals surface area contributed by atoms with Gasteiger partial charge in [0.15, 0.2) is 0 Å². The molecule has 286 valence electrons. The first-order chi connectivity index (χ1) is 30.3. The molecule has 1 nitrogen and oxygen atoms in total. The van der Waals surface area contributed by atoms with Crippen LogP contribution >= 0.6 is 0 Å². The summed E-state index contributed by atoms with van der Waals surface area (Å²) in [5, 5.41) is 7.72. The SMILES string of the molecule is c1ccc(-c2ccc(-c3ccc(N(c4ccccc4)c4ccc(-c5ccc6c7ccccc7c7ccccc7c6c5)cc4)c(-c4ccccc4)c3)cc2-c2ccccc2)cc1. The van der Waals surface area contributed by atoms with Gasteiger partial charge in [-0.2, -0.15) is 0 Å². The predicted octanol–water partition coefficient (Wildman–Crippen LogP) is 17.0. The first-order valence-corrected chi connectivity index (χ1v) is 21.0. The minimum Gasteiger partial charge on any atom is -0.310 e. The Morgan fingerprint density at radius 1 is 0.197 bits per heavy atom. The summed E-state index contributed by atoms with van der Waals surface area (Å²) in [6.45, 7) is 0. The summed E-state index contributed by atoms with van der Waals surface area (Å²) in [5.74, 6) is 0. The molecule has 0 bridgehead atoms. The Balaban J connectivity index is 1.03. The molecule has 0 heterocycles. The summed E-state index contributed by atoms with van der Waals surface area (Å²) in [5.41, 5.74) is 15.2. The van der Waals surface area contributed by atoms with E-state index in [4.69, 9.17) is 0 Å². The quantitative estimate of drug-likeness (QED) is 0.139. The molecule has 0 unspecified atom stereocenters. The van der Waals surface area contributed by atoms with Gasteiger partial charge in [0.1, 0.15) is 0 Å². The molecule has 0 atom stereocenters. The molecule has 1 heteroatoms. The van der Waals surface area contributed by atoms with E-state index in [1.54, 1.807) is 0 Å². The van der Waals surface area contributed by atoms with E-state index in [2.05, 4.69) is 254 Å². The lowest BCUT2D eigenvalue weighted by Gasteiger charge is -2.28. The second kappa shape index (κ2) is 15.6. The number of rotatable bonds is 8. The van der Waals surface area contributed by atoms with E-state index in [1.165, 1.54) is 76.8 Å². The number of benzene rings is 11. The van der Waals surface area contributed by atoms with Crippen LogP contribution in [0.25, 0.3) is 88.0 Å². The molecule has 11 rings (SSSR count). The molecule has 0 saturated carbocycles. The third-order valence-corrected chi connectivity index (χ3v) is 12.1. The average molecular weight is 776 g/mol. The zero-order valence-corrected chi connectivity index (χ0v) is 33.6. The van der Waals surface area contributed by atoms with Gasteiger partial charge in [-0.1, -0.05) is 200 Å². The fourth-order valence-electron chi connectivity index (χ4n) is 9.10. The van der Waals surface area contributed by atoms with Crippen LogP contribution in [0.15, 0.2) is 249 Å². The molecule has 0 aliphatic carbocycles. The lowest BCUT2D eigenvalue weighted by molar-refractivity contribution is 1.28. The van der Waals surface area contributed by atoms with Gasteiger partial charge in [-0.25, -0.2) is 0 Å². The maximum Gasteiger partial charge on any atom is 0.0540 e. The molecule has 61 heavy (non-hydrogen) atoms. The zero-order valence-electron chi connectivity index (χ0n) is 33.6. The van der Waals surface area contributed by atoms with Crippen LogP contribution in [0.5, 0.6) is 0 Å². The number of nitrogens with zero attached hydrogens (tertiary/aromatic N) is 1. The van der Waals surface area contributed by atoms with Crippen molar-refractivity contribution in [2.24, 2.45) is 0 Å². The molecule has 0 fully saturated rings. The van der Waals surface area contributed by atoms with Crippen molar-refractivity contribution in [3.63, 3.8) is 0 Å². The van der Waals surface area contributed by atoms with Gasteiger partial charge in [-0.3, -0.25) is 0 Å². The molecule has 0 aromatic heterocycles. The van der Waals surface area contributed by atoms with Crippen LogP contribution < -0.4 is 4.90 Å². The Hall–Kier alpha value is -8.00. The number of para-hydroxylation sites is 1. The Morgan fingerprint density at radius 2 is 0.574 bits per heavy atom. The lowest BCUT2D eigenvalue weighted by Crippen LogP contribution is -2.11. The third kappa shape index (κ3) is 6.73. The second-order valence-electron chi connectivity index (χ2n) is 15.7. The Kier molecular flexibility index (Phi) is 9.26. The first-order valence-electron chi connectivity index (χ1n) is 21.0. The summed E-state index contributed by atoms with van der Waals surface area (Å²) < 4.78 is 0. The molecule has 0 N–H and O–H groups in total. The minimum atomic E-state index is 1.09. The molecular formula is C60H41N. The molecule has 0 saturated heterocycles. The van der Waals surface area contributed by atoms with Gasteiger partial charge < -0.3 is 4.90 Å². The van der Waals surface area contributed by atoms with E-state index in [1.807, 2.05) is 0 Å². The largest absolute Gasteiger partial charge is 0.310 e. The minimum absolute atomic E-state index is 1.09. The van der Waals surface area contributed by atoms with Gasteiger partial charge in [0.25, 0.3) is 0 Å². The topological polar surface area (TPSA) is 3.24 Å². The standard InChI is InChI=1S/C60H41N/c1-5-17-43(18-6-1)51-36-31-47(39-57(51)44-19-7-2-8-20-44)48-33-38-60(58(40-48)45-21-9-3-10-22-45)61(49-23-11-4-12-24-49)50-34-29-42(30-35-50)46-32-37-56-54-27-14-13-25-52(54)53-26-15-16-28-55(53)59(56)41-46/h1-41H. The van der Waals surface area contributed by atoms with Crippen LogP contribution in [0.4, 0.5) is 17.1 Å². The van der Waals surface area contributed by atoms with Gasteiger partial charge in [-0.05, 0) is 131 Å². The Morgan fingerprint density at radius 3 is 1.15 bits per heavy atom. The van der Waals surface area contributed by atoms with E-state index in [0.29, 0.717) is 0 Å². The van der Waals surface area contributed by atoms with Crippen LogP contribution in [-0.2, 0) is 0 Å². The van der Waals surface area contributed by atoms with Crippen LogP contribution in [0.2, 0.25) is 0 Å². The normalized spacial score (nSPS) is 11.3. The number of anilines is 3. The van der Waals surface area contributed by atoms with E-state index >= 15 is 0 Å². The zero-order chi connectivity index (χ0) is 40.5. The van der Waals surface area contributed by atoms with Crippen LogP contribution in [0, 0.1) is 0 Å². The monoisotopic (exact) mass is 775 g/mol. The maximum absolute atomic E-state index is 2.39. The Labute approximate surface area is 357 Å². The van der Waals surface area contributed by atoms with Crippen molar-refractivity contribution in [1.82, 2.24) is 0 Å². The van der Waals surface area contributed by atoms with Crippen LogP contribution in [0.3, 0.4) is 0 Å². The maximum atomic E-state index is 2.39. The van der Waals surface area contributed by atoms with Crippen LogP contribution in [0.1, 0.15) is 0 Å². The molecular weight excluding hydrogens is 735 g/mol. The number of hydrogen-bond donors (Lipinski definition) is 0. The first kappa shape index (κ1) is 36.1. The van der Waals surface area contributed by atoms with Gasteiger partial charge in [0.2, 0.25) is 0 Å². The smallest absolute Gasteiger partial charge is 0.0540 e. The summed E-state index contributed by atoms with van der Waals surface area (Å²) in [6.07, 6.45) is 0. The van der Waals surface area contributed by atoms with Gasteiger partial charge in [-0.15, -0.1) is 0 Å². The van der Waals surface area contributed by atoms with E-state index in [9.17, 15) is 0 Å². The van der Waals surface area contributed by atoms with E-state index < -0.39 is 0 Å². The van der Waals surface area contributed by atoms with Gasteiger partial charge >= 0.3 is 0 Å². The highest BCUT2D eigenvalue weighted by molar-refractivity contribution is 6.25. The van der Waals surface area contributed by atoms with Crippen molar-refractivity contribution >= 4 is 49.4 Å². The molecule has 0 radical (unpaired) electrons. The highest BCUT2D eigenvalue weighted by Gasteiger charge is 2.19. The van der Waals surface area contributed by atoms with E-state index in [-0.39, 0.29) is 0 Å². The van der Waals surface area contributed by atoms with Crippen molar-refractivity contribution in [2.75, 3.05) is 4.90 Å².